The van der Waals surface area contributed by atoms with Crippen molar-refractivity contribution in [1.82, 2.24) is 14.9 Å². The van der Waals surface area contributed by atoms with E-state index >= 15 is 0 Å². The number of aryl methyl sites for hydroxylation is 1. The Bertz CT molecular complexity index is 637. The molecule has 1 aromatic heterocycles. The van der Waals surface area contributed by atoms with Gasteiger partial charge in [-0.25, -0.2) is 9.97 Å². The molecule has 2 rings (SSSR count). The summed E-state index contributed by atoms with van der Waals surface area (Å²) >= 11 is 6.18. The zero-order chi connectivity index (χ0) is 19.3. The van der Waals surface area contributed by atoms with Crippen LogP contribution in [0.15, 0.2) is 0 Å². The number of anilines is 1. The number of aromatic nitrogens is 2. The van der Waals surface area contributed by atoms with Gasteiger partial charge < -0.3 is 15.4 Å². The Morgan fingerprint density at radius 3 is 2.58 bits per heavy atom. The molecule has 1 fully saturated rings. The third-order valence-electron chi connectivity index (χ3n) is 4.95. The van der Waals surface area contributed by atoms with Gasteiger partial charge in [0.05, 0.1) is 13.5 Å². The molecule has 2 N–H and O–H groups in total. The third kappa shape index (κ3) is 5.30. The fourth-order valence-electron chi connectivity index (χ4n) is 3.34. The van der Waals surface area contributed by atoms with Gasteiger partial charge in [0, 0.05) is 24.6 Å². The van der Waals surface area contributed by atoms with Crippen molar-refractivity contribution in [1.29, 1.82) is 0 Å². The maximum atomic E-state index is 12.4. The van der Waals surface area contributed by atoms with Crippen LogP contribution in [0.2, 0.25) is 5.15 Å². The average molecular weight is 383 g/mol. The standard InChI is InChI=1S/C18H27ClN4O3/c1-11(10-15(24)26-3)18(25)23-8-6-13(7-9-23)4-5-14-16(19)21-12(2)22-17(14)20/h11,13H,4-10H2,1-3H3,(H2,20,21,22)/t11-/m1/s1. The summed E-state index contributed by atoms with van der Waals surface area (Å²) in [5, 5.41) is 0.430. The van der Waals surface area contributed by atoms with E-state index in [9.17, 15) is 9.59 Å². The largest absolute Gasteiger partial charge is 0.469 e. The summed E-state index contributed by atoms with van der Waals surface area (Å²) < 4.78 is 4.64. The van der Waals surface area contributed by atoms with Crippen molar-refractivity contribution in [2.75, 3.05) is 25.9 Å². The molecule has 8 heteroatoms. The van der Waals surface area contributed by atoms with Crippen molar-refractivity contribution in [3.8, 4) is 0 Å². The first-order valence-electron chi connectivity index (χ1n) is 8.95. The van der Waals surface area contributed by atoms with Gasteiger partial charge in [-0.15, -0.1) is 0 Å². The summed E-state index contributed by atoms with van der Waals surface area (Å²) in [6.07, 6.45) is 3.67. The van der Waals surface area contributed by atoms with E-state index < -0.39 is 0 Å². The number of ether oxygens (including phenoxy) is 1. The lowest BCUT2D eigenvalue weighted by Crippen LogP contribution is -2.41. The van der Waals surface area contributed by atoms with E-state index in [1.165, 1.54) is 7.11 Å². The van der Waals surface area contributed by atoms with Crippen LogP contribution in [0.5, 0.6) is 0 Å². The lowest BCUT2D eigenvalue weighted by molar-refractivity contribution is -0.146. The zero-order valence-corrected chi connectivity index (χ0v) is 16.4. The smallest absolute Gasteiger partial charge is 0.306 e. The minimum absolute atomic E-state index is 0.0214. The van der Waals surface area contributed by atoms with Crippen molar-refractivity contribution < 1.29 is 14.3 Å². The number of nitrogen functional groups attached to an aromatic ring is 1. The Morgan fingerprint density at radius 1 is 1.35 bits per heavy atom. The number of methoxy groups -OCH3 is 1. The molecule has 7 nitrogen and oxygen atoms in total. The molecule has 0 unspecified atom stereocenters. The normalized spacial score (nSPS) is 16.4. The van der Waals surface area contributed by atoms with Crippen LogP contribution in [0, 0.1) is 18.8 Å². The molecule has 144 valence electrons. The van der Waals surface area contributed by atoms with Crippen molar-refractivity contribution in [2.24, 2.45) is 11.8 Å². The zero-order valence-electron chi connectivity index (χ0n) is 15.6. The number of halogens is 1. The molecule has 0 aromatic carbocycles. The fraction of sp³-hybridized carbons (Fsp3) is 0.667. The number of hydrogen-bond donors (Lipinski definition) is 1. The summed E-state index contributed by atoms with van der Waals surface area (Å²) in [5.41, 5.74) is 6.77. The SMILES string of the molecule is COC(=O)C[C@@H](C)C(=O)N1CCC(CCc2c(N)nc(C)nc2Cl)CC1. The van der Waals surface area contributed by atoms with Crippen molar-refractivity contribution in [3.05, 3.63) is 16.5 Å². The first-order chi connectivity index (χ1) is 12.3. The highest BCUT2D eigenvalue weighted by atomic mass is 35.5. The number of likely N-dealkylation sites (tertiary alicyclic amines) is 1. The Balaban J connectivity index is 1.82. The van der Waals surface area contributed by atoms with Crippen LogP contribution in [0.25, 0.3) is 0 Å². The summed E-state index contributed by atoms with van der Waals surface area (Å²) in [6, 6.07) is 0. The molecule has 1 aromatic rings. The Labute approximate surface area is 159 Å². The van der Waals surface area contributed by atoms with Gasteiger partial charge in [0.25, 0.3) is 0 Å². The van der Waals surface area contributed by atoms with E-state index in [1.54, 1.807) is 13.8 Å². The molecule has 0 bridgehead atoms. The number of carbonyl (C=O) groups is 2. The van der Waals surface area contributed by atoms with Crippen LogP contribution >= 0.6 is 11.6 Å². The fourth-order valence-corrected chi connectivity index (χ4v) is 3.65. The molecule has 26 heavy (non-hydrogen) atoms. The second-order valence-corrected chi connectivity index (χ2v) is 7.27. The lowest BCUT2D eigenvalue weighted by atomic mass is 9.90. The molecular formula is C18H27ClN4O3. The van der Waals surface area contributed by atoms with Gasteiger partial charge in [0.1, 0.15) is 16.8 Å². The molecule has 0 aliphatic carbocycles. The predicted octanol–water partition coefficient (Wildman–Crippen LogP) is 2.39. The van der Waals surface area contributed by atoms with Crippen LogP contribution in [0.3, 0.4) is 0 Å². The van der Waals surface area contributed by atoms with Gasteiger partial charge in [-0.1, -0.05) is 18.5 Å². The van der Waals surface area contributed by atoms with Crippen LogP contribution in [0.1, 0.15) is 44.0 Å². The maximum absolute atomic E-state index is 12.4. The van der Waals surface area contributed by atoms with Gasteiger partial charge in [-0.05, 0) is 38.5 Å². The van der Waals surface area contributed by atoms with E-state index in [4.69, 9.17) is 17.3 Å². The molecule has 0 spiro atoms. The Kier molecular flexibility index (Phi) is 7.20. The summed E-state index contributed by atoms with van der Waals surface area (Å²) in [6.45, 7) is 4.96. The highest BCUT2D eigenvalue weighted by Gasteiger charge is 2.27. The number of esters is 1. The van der Waals surface area contributed by atoms with E-state index in [-0.39, 0.29) is 24.2 Å². The van der Waals surface area contributed by atoms with E-state index in [1.807, 2.05) is 4.90 Å². The number of rotatable bonds is 6. The number of amides is 1. The van der Waals surface area contributed by atoms with Crippen LogP contribution in [-0.4, -0.2) is 46.9 Å². The predicted molar refractivity (Wildman–Crippen MR) is 99.6 cm³/mol. The molecule has 1 aliphatic rings. The minimum Gasteiger partial charge on any atom is -0.469 e. The van der Waals surface area contributed by atoms with Gasteiger partial charge in [0.15, 0.2) is 0 Å². The van der Waals surface area contributed by atoms with Crippen LogP contribution in [-0.2, 0) is 20.7 Å². The second-order valence-electron chi connectivity index (χ2n) is 6.91. The number of hydrogen-bond acceptors (Lipinski definition) is 6. The first kappa shape index (κ1) is 20.4. The van der Waals surface area contributed by atoms with Gasteiger partial charge in [-0.3, -0.25) is 9.59 Å². The quantitative estimate of drug-likeness (QED) is 0.599. The molecule has 1 atom stereocenters. The molecule has 1 aliphatic heterocycles. The number of nitrogens with two attached hydrogens (primary N) is 1. The molecule has 2 heterocycles. The number of carbonyl (C=O) groups excluding carboxylic acids is 2. The number of nitrogens with zero attached hydrogens (tertiary/aromatic N) is 3. The number of piperidine rings is 1. The highest BCUT2D eigenvalue weighted by molar-refractivity contribution is 6.30. The maximum Gasteiger partial charge on any atom is 0.306 e. The van der Waals surface area contributed by atoms with Crippen molar-refractivity contribution >= 4 is 29.3 Å². The summed E-state index contributed by atoms with van der Waals surface area (Å²) in [4.78, 5) is 33.9. The highest BCUT2D eigenvalue weighted by Crippen LogP contribution is 2.27. The minimum atomic E-state index is -0.351. The Hall–Kier alpha value is -1.89. The third-order valence-corrected chi connectivity index (χ3v) is 5.26. The van der Waals surface area contributed by atoms with E-state index in [0.29, 0.717) is 35.8 Å². The van der Waals surface area contributed by atoms with Gasteiger partial charge in [0.2, 0.25) is 5.91 Å². The second kappa shape index (κ2) is 9.16. The van der Waals surface area contributed by atoms with Crippen molar-refractivity contribution in [2.45, 2.75) is 46.0 Å². The topological polar surface area (TPSA) is 98.4 Å². The van der Waals surface area contributed by atoms with E-state index in [0.717, 1.165) is 31.2 Å². The monoisotopic (exact) mass is 382 g/mol. The van der Waals surface area contributed by atoms with Crippen molar-refractivity contribution in [3.63, 3.8) is 0 Å². The van der Waals surface area contributed by atoms with Crippen LogP contribution < -0.4 is 5.73 Å². The lowest BCUT2D eigenvalue weighted by Gasteiger charge is -2.33. The van der Waals surface area contributed by atoms with Crippen LogP contribution in [0.4, 0.5) is 5.82 Å². The van der Waals surface area contributed by atoms with Gasteiger partial charge >= 0.3 is 5.97 Å². The molecular weight excluding hydrogens is 356 g/mol. The average Bonchev–Trinajstić information content (AvgIpc) is 2.60. The summed E-state index contributed by atoms with van der Waals surface area (Å²) in [7, 11) is 1.34. The molecule has 0 saturated carbocycles. The summed E-state index contributed by atoms with van der Waals surface area (Å²) in [5.74, 6) is 0.855. The van der Waals surface area contributed by atoms with Gasteiger partial charge in [-0.2, -0.15) is 0 Å². The first-order valence-corrected chi connectivity index (χ1v) is 9.33. The molecule has 1 saturated heterocycles. The molecule has 1 amide bonds. The Morgan fingerprint density at radius 2 is 2.00 bits per heavy atom. The van der Waals surface area contributed by atoms with E-state index in [2.05, 4.69) is 14.7 Å². The molecule has 0 radical (unpaired) electrons.